The van der Waals surface area contributed by atoms with Crippen molar-refractivity contribution >= 4 is 17.4 Å². The number of methoxy groups -OCH3 is 1. The van der Waals surface area contributed by atoms with Crippen LogP contribution in [0.25, 0.3) is 5.82 Å². The lowest BCUT2D eigenvalue weighted by atomic mass is 9.96. The van der Waals surface area contributed by atoms with Gasteiger partial charge >= 0.3 is 0 Å². The summed E-state index contributed by atoms with van der Waals surface area (Å²) >= 11 is 0. The first-order chi connectivity index (χ1) is 14.1. The fraction of sp³-hybridized carbons (Fsp3) is 0.333. The highest BCUT2D eigenvalue weighted by molar-refractivity contribution is 5.92. The lowest BCUT2D eigenvalue weighted by Gasteiger charge is -2.32. The number of carbonyl (C=O) groups excluding carboxylic acids is 1. The minimum Gasteiger partial charge on any atom is -0.497 e. The summed E-state index contributed by atoms with van der Waals surface area (Å²) in [4.78, 5) is 27.9. The molecule has 3 aromatic rings. The maximum Gasteiger partial charge on any atom is 0.227 e. The summed E-state index contributed by atoms with van der Waals surface area (Å²) in [6.07, 6.45) is 6.77. The second-order valence-electron chi connectivity index (χ2n) is 7.06. The van der Waals surface area contributed by atoms with Gasteiger partial charge in [0.2, 0.25) is 5.91 Å². The summed E-state index contributed by atoms with van der Waals surface area (Å²) in [6.45, 7) is 3.49. The Hall–Kier alpha value is -3.42. The summed E-state index contributed by atoms with van der Waals surface area (Å²) < 4.78 is 7.14. The Kier molecular flexibility index (Phi) is 5.41. The van der Waals surface area contributed by atoms with Crippen molar-refractivity contribution in [1.29, 1.82) is 0 Å². The minimum absolute atomic E-state index is 0.0188. The molecule has 4 rings (SSSR count). The number of benzene rings is 1. The van der Waals surface area contributed by atoms with Gasteiger partial charge in [-0.25, -0.2) is 15.0 Å². The standard InChI is InChI=1S/C21H24N6O2/c1-15-22-8-11-27(15)20-13-19(23-14-24-20)26-9-6-16(7-10-26)21(28)25-17-4-3-5-18(12-17)29-2/h3-5,8,11-14,16H,6-7,9-10H2,1-2H3,(H,25,28). The number of anilines is 2. The Bertz CT molecular complexity index is 994. The molecule has 0 atom stereocenters. The van der Waals surface area contributed by atoms with E-state index >= 15 is 0 Å². The number of hydrogen-bond acceptors (Lipinski definition) is 6. The van der Waals surface area contributed by atoms with Crippen LogP contribution < -0.4 is 15.0 Å². The number of hydrogen-bond donors (Lipinski definition) is 1. The summed E-state index contributed by atoms with van der Waals surface area (Å²) in [7, 11) is 1.61. The normalized spacial score (nSPS) is 14.6. The van der Waals surface area contributed by atoms with Crippen molar-refractivity contribution in [1.82, 2.24) is 19.5 Å². The van der Waals surface area contributed by atoms with Crippen molar-refractivity contribution in [2.75, 3.05) is 30.4 Å². The number of nitrogens with zero attached hydrogens (tertiary/aromatic N) is 5. The fourth-order valence-corrected chi connectivity index (χ4v) is 3.58. The molecule has 1 amide bonds. The van der Waals surface area contributed by atoms with Crippen LogP contribution in [0.3, 0.4) is 0 Å². The fourth-order valence-electron chi connectivity index (χ4n) is 3.58. The van der Waals surface area contributed by atoms with Gasteiger partial charge in [-0.1, -0.05) is 6.07 Å². The highest BCUT2D eigenvalue weighted by Crippen LogP contribution is 2.25. The van der Waals surface area contributed by atoms with Crippen LogP contribution in [0, 0.1) is 12.8 Å². The highest BCUT2D eigenvalue weighted by Gasteiger charge is 2.26. The molecule has 0 aliphatic carbocycles. The third-order valence-corrected chi connectivity index (χ3v) is 5.24. The van der Waals surface area contributed by atoms with Crippen molar-refractivity contribution < 1.29 is 9.53 Å². The van der Waals surface area contributed by atoms with Crippen molar-refractivity contribution in [2.24, 2.45) is 5.92 Å². The zero-order chi connectivity index (χ0) is 20.2. The van der Waals surface area contributed by atoms with E-state index in [-0.39, 0.29) is 11.8 Å². The molecule has 150 valence electrons. The molecule has 1 aliphatic rings. The van der Waals surface area contributed by atoms with E-state index in [2.05, 4.69) is 25.2 Å². The van der Waals surface area contributed by atoms with Gasteiger partial charge in [-0.3, -0.25) is 9.36 Å². The number of rotatable bonds is 5. The van der Waals surface area contributed by atoms with E-state index in [9.17, 15) is 4.79 Å². The number of imidazole rings is 1. The third kappa shape index (κ3) is 4.21. The van der Waals surface area contributed by atoms with Gasteiger partial charge < -0.3 is 15.0 Å². The Morgan fingerprint density at radius 3 is 2.66 bits per heavy atom. The Morgan fingerprint density at radius 1 is 1.14 bits per heavy atom. The van der Waals surface area contributed by atoms with E-state index in [1.807, 2.05) is 48.0 Å². The maximum absolute atomic E-state index is 12.7. The van der Waals surface area contributed by atoms with Crippen molar-refractivity contribution in [2.45, 2.75) is 19.8 Å². The first kappa shape index (κ1) is 18.9. The molecule has 1 aliphatic heterocycles. The third-order valence-electron chi connectivity index (χ3n) is 5.24. The predicted octanol–water partition coefficient (Wildman–Crippen LogP) is 2.83. The number of piperidine rings is 1. The van der Waals surface area contributed by atoms with Crippen molar-refractivity contribution in [3.63, 3.8) is 0 Å². The maximum atomic E-state index is 12.7. The van der Waals surface area contributed by atoms with E-state index in [1.165, 1.54) is 0 Å². The molecule has 3 heterocycles. The van der Waals surface area contributed by atoms with Gasteiger partial charge in [0, 0.05) is 49.2 Å². The molecule has 0 unspecified atom stereocenters. The molecular formula is C21H24N6O2. The molecule has 1 aromatic carbocycles. The van der Waals surface area contributed by atoms with Gasteiger partial charge in [-0.2, -0.15) is 0 Å². The molecule has 1 saturated heterocycles. The number of amides is 1. The monoisotopic (exact) mass is 392 g/mol. The van der Waals surface area contributed by atoms with Crippen LogP contribution in [0.1, 0.15) is 18.7 Å². The van der Waals surface area contributed by atoms with Crippen LogP contribution in [-0.4, -0.2) is 45.6 Å². The number of nitrogens with one attached hydrogen (secondary N) is 1. The summed E-state index contributed by atoms with van der Waals surface area (Å²) in [5.41, 5.74) is 0.757. The SMILES string of the molecule is COc1cccc(NC(=O)C2CCN(c3cc(-n4ccnc4C)ncn3)CC2)c1. The van der Waals surface area contributed by atoms with Crippen molar-refractivity contribution in [3.8, 4) is 11.6 Å². The number of carbonyl (C=O) groups is 1. The quantitative estimate of drug-likeness (QED) is 0.719. The molecule has 0 spiro atoms. The zero-order valence-corrected chi connectivity index (χ0v) is 16.6. The topological polar surface area (TPSA) is 85.2 Å². The largest absolute Gasteiger partial charge is 0.497 e. The summed E-state index contributed by atoms with van der Waals surface area (Å²) in [5.74, 6) is 3.30. The van der Waals surface area contributed by atoms with E-state index in [1.54, 1.807) is 19.6 Å². The molecular weight excluding hydrogens is 368 g/mol. The van der Waals surface area contributed by atoms with Gasteiger partial charge in [0.15, 0.2) is 0 Å². The molecule has 0 bridgehead atoms. The second-order valence-corrected chi connectivity index (χ2v) is 7.06. The summed E-state index contributed by atoms with van der Waals surface area (Å²) in [5, 5.41) is 3.00. The molecule has 8 nitrogen and oxygen atoms in total. The lowest BCUT2D eigenvalue weighted by molar-refractivity contribution is -0.120. The average Bonchev–Trinajstić information content (AvgIpc) is 3.20. The number of aromatic nitrogens is 4. The molecule has 2 aromatic heterocycles. The van der Waals surface area contributed by atoms with Crippen LogP contribution >= 0.6 is 0 Å². The van der Waals surface area contributed by atoms with E-state index < -0.39 is 0 Å². The predicted molar refractivity (Wildman–Crippen MR) is 110 cm³/mol. The van der Waals surface area contributed by atoms with Crippen molar-refractivity contribution in [3.05, 3.63) is 54.9 Å². The molecule has 0 saturated carbocycles. The average molecular weight is 392 g/mol. The highest BCUT2D eigenvalue weighted by atomic mass is 16.5. The molecule has 1 fully saturated rings. The van der Waals surface area contributed by atoms with Crippen LogP contribution in [0.15, 0.2) is 49.1 Å². The first-order valence-corrected chi connectivity index (χ1v) is 9.66. The second kappa shape index (κ2) is 8.30. The molecule has 8 heteroatoms. The molecule has 29 heavy (non-hydrogen) atoms. The van der Waals surface area contributed by atoms with Crippen LogP contribution in [0.2, 0.25) is 0 Å². The van der Waals surface area contributed by atoms with E-state index in [0.717, 1.165) is 54.8 Å². The van der Waals surface area contributed by atoms with Crippen LogP contribution in [0.4, 0.5) is 11.5 Å². The van der Waals surface area contributed by atoms with Gasteiger partial charge in [0.25, 0.3) is 0 Å². The smallest absolute Gasteiger partial charge is 0.227 e. The van der Waals surface area contributed by atoms with Gasteiger partial charge in [-0.05, 0) is 31.9 Å². The Labute approximate surface area is 169 Å². The van der Waals surface area contributed by atoms with Gasteiger partial charge in [0.05, 0.1) is 7.11 Å². The Morgan fingerprint density at radius 2 is 1.93 bits per heavy atom. The summed E-state index contributed by atoms with van der Waals surface area (Å²) in [6, 6.07) is 9.38. The Balaban J connectivity index is 1.38. The first-order valence-electron chi connectivity index (χ1n) is 9.66. The van der Waals surface area contributed by atoms with E-state index in [0.29, 0.717) is 0 Å². The zero-order valence-electron chi connectivity index (χ0n) is 16.6. The molecule has 0 radical (unpaired) electrons. The van der Waals surface area contributed by atoms with Crippen LogP contribution in [-0.2, 0) is 4.79 Å². The van der Waals surface area contributed by atoms with Gasteiger partial charge in [0.1, 0.15) is 29.5 Å². The van der Waals surface area contributed by atoms with Gasteiger partial charge in [-0.15, -0.1) is 0 Å². The molecule has 1 N–H and O–H groups in total. The van der Waals surface area contributed by atoms with Crippen LogP contribution in [0.5, 0.6) is 5.75 Å². The van der Waals surface area contributed by atoms with E-state index in [4.69, 9.17) is 4.74 Å². The number of ether oxygens (including phenoxy) is 1. The minimum atomic E-state index is -0.0188. The lowest BCUT2D eigenvalue weighted by Crippen LogP contribution is -2.38. The number of aryl methyl sites for hydroxylation is 1.